The molecule has 0 radical (unpaired) electrons. The molecule has 0 aliphatic rings. The number of ether oxygens (including phenoxy) is 1. The maximum absolute atomic E-state index is 6.54. The van der Waals surface area contributed by atoms with E-state index < -0.39 is 0 Å². The summed E-state index contributed by atoms with van der Waals surface area (Å²) in [5, 5.41) is 7.21. The van der Waals surface area contributed by atoms with Crippen LogP contribution in [0.2, 0.25) is 0 Å². The van der Waals surface area contributed by atoms with Gasteiger partial charge in [-0.1, -0.05) is 67.4 Å². The molecule has 45 heavy (non-hydrogen) atoms. The van der Waals surface area contributed by atoms with Crippen molar-refractivity contribution < 1.29 is 25.8 Å². The Labute approximate surface area is 278 Å². The van der Waals surface area contributed by atoms with Gasteiger partial charge in [-0.2, -0.15) is 11.2 Å². The fourth-order valence-electron chi connectivity index (χ4n) is 6.00. The Hall–Kier alpha value is -4.47. The van der Waals surface area contributed by atoms with Crippen LogP contribution < -0.4 is 4.74 Å². The summed E-state index contributed by atoms with van der Waals surface area (Å²) in [7, 11) is 0. The summed E-state index contributed by atoms with van der Waals surface area (Å²) in [5.74, 6) is 2.39. The summed E-state index contributed by atoms with van der Waals surface area (Å²) in [6.07, 6.45) is 1.85. The van der Waals surface area contributed by atoms with Crippen molar-refractivity contribution >= 4 is 21.8 Å². The predicted octanol–water partition coefficient (Wildman–Crippen LogP) is 9.78. The second-order valence-corrected chi connectivity index (χ2v) is 11.9. The van der Waals surface area contributed by atoms with E-state index in [9.17, 15) is 0 Å². The van der Waals surface area contributed by atoms with Crippen molar-refractivity contribution in [1.82, 2.24) is 19.3 Å². The van der Waals surface area contributed by atoms with Gasteiger partial charge in [-0.25, -0.2) is 4.98 Å². The van der Waals surface area contributed by atoms with Gasteiger partial charge in [0.2, 0.25) is 0 Å². The normalized spacial score (nSPS) is 11.4. The Bertz CT molecular complexity index is 2170. The number of fused-ring (bicyclic) bond motifs is 3. The molecule has 0 atom stereocenters. The Morgan fingerprint density at radius 1 is 0.756 bits per heavy atom. The van der Waals surface area contributed by atoms with E-state index in [-0.39, 0.29) is 21.1 Å². The average molecular weight is 770 g/mol. The third-order valence-corrected chi connectivity index (χ3v) is 8.29. The maximum Gasteiger partial charge on any atom is 2.00 e. The molecule has 3 heterocycles. The number of pyridine rings is 1. The molecule has 0 aliphatic carbocycles. The Morgan fingerprint density at radius 2 is 1.53 bits per heavy atom. The molecule has 0 fully saturated rings. The van der Waals surface area contributed by atoms with Crippen molar-refractivity contribution in [2.75, 3.05) is 0 Å². The van der Waals surface area contributed by atoms with Crippen molar-refractivity contribution in [3.8, 4) is 34.1 Å². The summed E-state index contributed by atoms with van der Waals surface area (Å²) in [6, 6.07) is 36.5. The van der Waals surface area contributed by atoms with E-state index in [0.29, 0.717) is 17.4 Å². The Morgan fingerprint density at radius 3 is 2.29 bits per heavy atom. The van der Waals surface area contributed by atoms with Crippen LogP contribution in [0.4, 0.5) is 0 Å². The number of nitrogens with zero attached hydrogens (tertiary/aromatic N) is 4. The molecule has 7 aromatic rings. The van der Waals surface area contributed by atoms with Crippen LogP contribution in [0, 0.1) is 39.8 Å². The molecule has 0 bridgehead atoms. The van der Waals surface area contributed by atoms with E-state index in [4.69, 9.17) is 14.8 Å². The van der Waals surface area contributed by atoms with E-state index in [0.717, 1.165) is 67.0 Å². The number of hydrogen-bond donors (Lipinski definition) is 0. The summed E-state index contributed by atoms with van der Waals surface area (Å²) in [5.41, 5.74) is 10.7. The van der Waals surface area contributed by atoms with E-state index in [2.05, 4.69) is 131 Å². The average Bonchev–Trinajstić information content (AvgIpc) is 3.50. The van der Waals surface area contributed by atoms with Crippen LogP contribution in [0.3, 0.4) is 0 Å². The van der Waals surface area contributed by atoms with Gasteiger partial charge in [-0.3, -0.25) is 4.68 Å². The van der Waals surface area contributed by atoms with Gasteiger partial charge in [0, 0.05) is 34.5 Å². The van der Waals surface area contributed by atoms with Gasteiger partial charge in [0.25, 0.3) is 0 Å². The molecule has 0 unspecified atom stereocenters. The quantitative estimate of drug-likeness (QED) is 0.158. The zero-order valence-corrected chi connectivity index (χ0v) is 28.5. The molecule has 226 valence electrons. The first-order chi connectivity index (χ1) is 21.3. The number of hydrogen-bond acceptors (Lipinski definition) is 3. The Kier molecular flexibility index (Phi) is 8.24. The summed E-state index contributed by atoms with van der Waals surface area (Å²) in [4.78, 5) is 4.70. The van der Waals surface area contributed by atoms with Crippen molar-refractivity contribution in [3.63, 3.8) is 0 Å². The molecule has 0 saturated carbocycles. The number of aromatic nitrogens is 4. The molecule has 4 aromatic carbocycles. The van der Waals surface area contributed by atoms with E-state index in [1.165, 1.54) is 5.56 Å². The first kappa shape index (κ1) is 30.6. The molecule has 7 rings (SSSR count). The van der Waals surface area contributed by atoms with Gasteiger partial charge < -0.3 is 9.30 Å². The largest absolute Gasteiger partial charge is 2.00 e. The van der Waals surface area contributed by atoms with E-state index in [1.807, 2.05) is 23.0 Å². The van der Waals surface area contributed by atoms with Gasteiger partial charge >= 0.3 is 21.1 Å². The molecular formula is C39H34N4OPt. The third-order valence-electron chi connectivity index (χ3n) is 8.29. The van der Waals surface area contributed by atoms with Crippen LogP contribution in [0.25, 0.3) is 44.4 Å². The number of para-hydroxylation sites is 1. The first-order valence-corrected chi connectivity index (χ1v) is 15.0. The molecule has 0 spiro atoms. The minimum atomic E-state index is 0. The minimum absolute atomic E-state index is 0. The molecule has 3 aromatic heterocycles. The number of benzene rings is 4. The molecule has 0 N–H and O–H groups in total. The molecule has 0 saturated heterocycles. The fourth-order valence-corrected chi connectivity index (χ4v) is 6.00. The fraction of sp³-hybridized carbons (Fsp3) is 0.179. The molecule has 0 aliphatic heterocycles. The second kappa shape index (κ2) is 12.1. The third kappa shape index (κ3) is 5.62. The SMILES string of the molecule is Cc1ccc(-c2c(C)nn(-c3[c-]c(Oc4[c-]c5c(cc4)c4ccccc4n5-c4cc(C)ccn4)cc(C(C)C)c3)c2C)cc1.[Pt+2]. The maximum atomic E-state index is 6.54. The molecule has 5 nitrogen and oxygen atoms in total. The van der Waals surface area contributed by atoms with Crippen LogP contribution in [0.15, 0.2) is 91.1 Å². The van der Waals surface area contributed by atoms with E-state index in [1.54, 1.807) is 0 Å². The number of aryl methyl sites for hydroxylation is 3. The monoisotopic (exact) mass is 769 g/mol. The van der Waals surface area contributed by atoms with Gasteiger partial charge in [-0.05, 0) is 74.0 Å². The standard InChI is InChI=1S/C39H34N4O.Pt/c1-24(2)30-20-31(43-28(6)39(27(5)41-43)29-13-11-25(3)12-14-29)22-33(21-30)44-32-15-16-35-34-9-7-8-10-36(34)42(37(35)23-32)38-19-26(4)17-18-40-38;/h7-21,24H,1-6H3;/q-2;+2. The van der Waals surface area contributed by atoms with Crippen LogP contribution in [-0.2, 0) is 21.1 Å². The van der Waals surface area contributed by atoms with Gasteiger partial charge in [0.05, 0.1) is 5.69 Å². The topological polar surface area (TPSA) is 44.9 Å². The van der Waals surface area contributed by atoms with Crippen LogP contribution in [-0.4, -0.2) is 19.3 Å². The molecule has 6 heteroatoms. The summed E-state index contributed by atoms with van der Waals surface area (Å²) >= 11 is 0. The van der Waals surface area contributed by atoms with Crippen molar-refractivity contribution in [2.24, 2.45) is 0 Å². The zero-order valence-electron chi connectivity index (χ0n) is 26.3. The van der Waals surface area contributed by atoms with Crippen LogP contribution >= 0.6 is 0 Å². The van der Waals surface area contributed by atoms with Crippen LogP contribution in [0.1, 0.15) is 47.8 Å². The van der Waals surface area contributed by atoms with Crippen molar-refractivity contribution in [1.29, 1.82) is 0 Å². The van der Waals surface area contributed by atoms with Gasteiger partial charge in [0.1, 0.15) is 5.82 Å². The summed E-state index contributed by atoms with van der Waals surface area (Å²) < 4.78 is 10.7. The number of rotatable bonds is 6. The summed E-state index contributed by atoms with van der Waals surface area (Å²) in [6.45, 7) is 12.7. The minimum Gasteiger partial charge on any atom is -0.509 e. The molecule has 0 amide bonds. The smallest absolute Gasteiger partial charge is 0.509 e. The van der Waals surface area contributed by atoms with Crippen molar-refractivity contribution in [2.45, 2.75) is 47.5 Å². The van der Waals surface area contributed by atoms with E-state index >= 15 is 0 Å². The predicted molar refractivity (Wildman–Crippen MR) is 178 cm³/mol. The second-order valence-electron chi connectivity index (χ2n) is 11.9. The van der Waals surface area contributed by atoms with Crippen molar-refractivity contribution in [3.05, 3.63) is 131 Å². The first-order valence-electron chi connectivity index (χ1n) is 15.0. The van der Waals surface area contributed by atoms with Crippen LogP contribution in [0.5, 0.6) is 11.5 Å². The van der Waals surface area contributed by atoms with Gasteiger partial charge in [0.15, 0.2) is 0 Å². The Balaban J connectivity index is 0.00000357. The molecular weight excluding hydrogens is 736 g/mol. The van der Waals surface area contributed by atoms with Gasteiger partial charge in [-0.15, -0.1) is 41.3 Å². The zero-order chi connectivity index (χ0) is 30.5.